The number of rotatable bonds is 13. The molecule has 7 heteroatoms. The van der Waals surface area contributed by atoms with Crippen LogP contribution in [0.25, 0.3) is 0 Å². The maximum absolute atomic E-state index is 10.4. The molecule has 0 aromatic heterocycles. The molecule has 0 N–H and O–H groups in total. The fraction of sp³-hybridized carbons (Fsp3) is 0.519. The van der Waals surface area contributed by atoms with E-state index in [2.05, 4.69) is 40.0 Å². The molecule has 1 atom stereocenters. The van der Waals surface area contributed by atoms with Gasteiger partial charge in [0, 0.05) is 10.9 Å². The summed E-state index contributed by atoms with van der Waals surface area (Å²) in [6.07, 6.45) is 2.48. The highest BCUT2D eigenvalue weighted by Gasteiger charge is 2.45. The van der Waals surface area contributed by atoms with Crippen molar-refractivity contribution in [1.82, 2.24) is 4.90 Å². The first kappa shape index (κ1) is 27.8. The Morgan fingerprint density at radius 3 is 1.94 bits per heavy atom. The van der Waals surface area contributed by atoms with Gasteiger partial charge in [-0.15, -0.1) is 0 Å². The standard InChI is InChI=1S/C27H37BrN2O4/c1-26(2,28)27(19-29,21-10-12-23(32-5)25(18-21)34-7)14-8-15-30(3)16-13-20-9-11-22(31-4)24(17-20)33-6/h9-12,17-18H,8,13-16H2,1-7H3. The molecule has 6 nitrogen and oxygen atoms in total. The topological polar surface area (TPSA) is 64.0 Å². The van der Waals surface area contributed by atoms with Gasteiger partial charge in [-0.3, -0.25) is 0 Å². The highest BCUT2D eigenvalue weighted by Crippen LogP contribution is 2.46. The number of hydrogen-bond donors (Lipinski definition) is 0. The molecule has 0 spiro atoms. The Bertz CT molecular complexity index is 984. The van der Waals surface area contributed by atoms with E-state index in [1.807, 2.05) is 44.2 Å². The molecule has 34 heavy (non-hydrogen) atoms. The smallest absolute Gasteiger partial charge is 0.161 e. The normalized spacial score (nSPS) is 13.2. The second-order valence-electron chi connectivity index (χ2n) is 8.91. The van der Waals surface area contributed by atoms with Crippen LogP contribution in [0.5, 0.6) is 23.0 Å². The Morgan fingerprint density at radius 1 is 0.853 bits per heavy atom. The number of likely N-dealkylation sites (N-methyl/N-ethyl adjacent to an activating group) is 1. The van der Waals surface area contributed by atoms with Crippen molar-refractivity contribution in [2.75, 3.05) is 48.6 Å². The summed E-state index contributed by atoms with van der Waals surface area (Å²) >= 11 is 3.80. The zero-order valence-electron chi connectivity index (χ0n) is 21.4. The van der Waals surface area contributed by atoms with Gasteiger partial charge in [0.1, 0.15) is 0 Å². The highest BCUT2D eigenvalue weighted by atomic mass is 79.9. The van der Waals surface area contributed by atoms with Crippen molar-refractivity contribution in [3.05, 3.63) is 47.5 Å². The second-order valence-corrected chi connectivity index (χ2v) is 10.9. The van der Waals surface area contributed by atoms with Crippen LogP contribution in [-0.2, 0) is 11.8 Å². The van der Waals surface area contributed by atoms with Crippen LogP contribution >= 0.6 is 15.9 Å². The molecule has 0 aliphatic rings. The van der Waals surface area contributed by atoms with E-state index in [0.29, 0.717) is 17.9 Å². The monoisotopic (exact) mass is 532 g/mol. The fourth-order valence-corrected chi connectivity index (χ4v) is 4.74. The Labute approximate surface area is 212 Å². The van der Waals surface area contributed by atoms with Gasteiger partial charge in [0.05, 0.1) is 39.9 Å². The van der Waals surface area contributed by atoms with Crippen molar-refractivity contribution in [1.29, 1.82) is 5.26 Å². The van der Waals surface area contributed by atoms with E-state index in [1.54, 1.807) is 28.4 Å². The van der Waals surface area contributed by atoms with E-state index in [9.17, 15) is 5.26 Å². The first-order chi connectivity index (χ1) is 16.1. The van der Waals surface area contributed by atoms with E-state index in [0.717, 1.165) is 43.0 Å². The van der Waals surface area contributed by atoms with Crippen LogP contribution in [0.15, 0.2) is 36.4 Å². The Hall–Kier alpha value is -2.43. The number of ether oxygens (including phenoxy) is 4. The molecule has 0 saturated carbocycles. The Kier molecular flexibility index (Phi) is 10.1. The minimum atomic E-state index is -0.725. The summed E-state index contributed by atoms with van der Waals surface area (Å²) in [7, 11) is 8.63. The molecule has 0 fully saturated rings. The quantitative estimate of drug-likeness (QED) is 0.312. The Balaban J connectivity index is 2.08. The molecule has 0 bridgehead atoms. The average molecular weight is 534 g/mol. The van der Waals surface area contributed by atoms with Crippen LogP contribution in [0, 0.1) is 11.3 Å². The molecule has 2 aromatic carbocycles. The third kappa shape index (κ3) is 6.37. The van der Waals surface area contributed by atoms with Crippen molar-refractivity contribution in [3.8, 4) is 29.1 Å². The summed E-state index contributed by atoms with van der Waals surface area (Å²) in [4.78, 5) is 2.30. The predicted octanol–water partition coefficient (Wildman–Crippen LogP) is 5.61. The van der Waals surface area contributed by atoms with E-state index in [-0.39, 0.29) is 0 Å². The molecular formula is C27H37BrN2O4. The summed E-state index contributed by atoms with van der Waals surface area (Å²) in [5.41, 5.74) is 1.39. The van der Waals surface area contributed by atoms with Crippen molar-refractivity contribution in [2.24, 2.45) is 0 Å². The van der Waals surface area contributed by atoms with Gasteiger partial charge in [-0.25, -0.2) is 0 Å². The van der Waals surface area contributed by atoms with Crippen molar-refractivity contribution >= 4 is 15.9 Å². The largest absolute Gasteiger partial charge is 0.493 e. The number of alkyl halides is 1. The molecule has 0 amide bonds. The molecule has 0 aliphatic heterocycles. The third-order valence-corrected chi connectivity index (χ3v) is 7.08. The number of methoxy groups -OCH3 is 4. The third-order valence-electron chi connectivity index (χ3n) is 6.40. The molecular weight excluding hydrogens is 496 g/mol. The zero-order valence-corrected chi connectivity index (χ0v) is 23.0. The average Bonchev–Trinajstić information content (AvgIpc) is 2.83. The molecule has 1 unspecified atom stereocenters. The summed E-state index contributed by atoms with van der Waals surface area (Å²) in [6, 6.07) is 14.4. The Morgan fingerprint density at radius 2 is 1.41 bits per heavy atom. The molecule has 2 rings (SSSR count). The number of hydrogen-bond acceptors (Lipinski definition) is 6. The van der Waals surface area contributed by atoms with Crippen LogP contribution in [0.4, 0.5) is 0 Å². The summed E-state index contributed by atoms with van der Waals surface area (Å²) in [6.45, 7) is 5.89. The van der Waals surface area contributed by atoms with Crippen LogP contribution in [-0.4, -0.2) is 57.8 Å². The lowest BCUT2D eigenvalue weighted by molar-refractivity contribution is 0.303. The first-order valence-corrected chi connectivity index (χ1v) is 12.2. The van der Waals surface area contributed by atoms with Crippen molar-refractivity contribution < 1.29 is 18.9 Å². The zero-order chi connectivity index (χ0) is 25.4. The van der Waals surface area contributed by atoms with Gasteiger partial charge in [0.25, 0.3) is 0 Å². The van der Waals surface area contributed by atoms with Crippen LogP contribution < -0.4 is 18.9 Å². The predicted molar refractivity (Wildman–Crippen MR) is 140 cm³/mol. The second kappa shape index (κ2) is 12.3. The van der Waals surface area contributed by atoms with Crippen LogP contribution in [0.1, 0.15) is 37.8 Å². The number of benzene rings is 2. The SMILES string of the molecule is COc1ccc(CCN(C)CCCC(C#N)(c2ccc(OC)c(OC)c2)C(C)(C)Br)cc1OC. The number of nitrogens with zero attached hydrogens (tertiary/aromatic N) is 2. The molecule has 2 aromatic rings. The molecule has 0 heterocycles. The van der Waals surface area contributed by atoms with Gasteiger partial charge < -0.3 is 23.8 Å². The first-order valence-electron chi connectivity index (χ1n) is 11.4. The van der Waals surface area contributed by atoms with E-state index in [1.165, 1.54) is 5.56 Å². The molecule has 186 valence electrons. The summed E-state index contributed by atoms with van der Waals surface area (Å²) < 4.78 is 21.2. The van der Waals surface area contributed by atoms with Gasteiger partial charge >= 0.3 is 0 Å². The van der Waals surface area contributed by atoms with Crippen molar-refractivity contribution in [3.63, 3.8) is 0 Å². The van der Waals surface area contributed by atoms with E-state index in [4.69, 9.17) is 18.9 Å². The molecule has 0 aliphatic carbocycles. The number of halogens is 1. The maximum atomic E-state index is 10.4. The maximum Gasteiger partial charge on any atom is 0.161 e. The highest BCUT2D eigenvalue weighted by molar-refractivity contribution is 9.10. The summed E-state index contributed by atoms with van der Waals surface area (Å²) in [5.74, 6) is 2.76. The summed E-state index contributed by atoms with van der Waals surface area (Å²) in [5, 5.41) is 10.4. The molecule has 0 radical (unpaired) electrons. The van der Waals surface area contributed by atoms with Gasteiger partial charge in [0.2, 0.25) is 0 Å². The van der Waals surface area contributed by atoms with Crippen molar-refractivity contribution in [2.45, 2.75) is 42.8 Å². The van der Waals surface area contributed by atoms with Gasteiger partial charge in [-0.05, 0) is 82.1 Å². The minimum Gasteiger partial charge on any atom is -0.493 e. The minimum absolute atomic E-state index is 0.438. The van der Waals surface area contributed by atoms with E-state index < -0.39 is 9.74 Å². The van der Waals surface area contributed by atoms with Crippen LogP contribution in [0.3, 0.4) is 0 Å². The van der Waals surface area contributed by atoms with E-state index >= 15 is 0 Å². The van der Waals surface area contributed by atoms with Gasteiger partial charge in [0.15, 0.2) is 23.0 Å². The van der Waals surface area contributed by atoms with Gasteiger partial charge in [-0.2, -0.15) is 5.26 Å². The number of nitriles is 1. The lowest BCUT2D eigenvalue weighted by Gasteiger charge is -2.39. The van der Waals surface area contributed by atoms with Gasteiger partial charge in [-0.1, -0.05) is 28.1 Å². The molecule has 0 saturated heterocycles. The lowest BCUT2D eigenvalue weighted by atomic mass is 9.69. The fourth-order valence-electron chi connectivity index (χ4n) is 4.22. The lowest BCUT2D eigenvalue weighted by Crippen LogP contribution is -2.42. The van der Waals surface area contributed by atoms with Crippen LogP contribution in [0.2, 0.25) is 0 Å².